The van der Waals surface area contributed by atoms with Crippen molar-refractivity contribution in [1.29, 1.82) is 0 Å². The van der Waals surface area contributed by atoms with Gasteiger partial charge in [0.1, 0.15) is 17.1 Å². The molecule has 1 aromatic rings. The summed E-state index contributed by atoms with van der Waals surface area (Å²) in [6.45, 7) is 2.37. The van der Waals surface area contributed by atoms with Gasteiger partial charge in [-0.25, -0.2) is 0 Å². The molecule has 1 N–H and O–H groups in total. The summed E-state index contributed by atoms with van der Waals surface area (Å²) in [6, 6.07) is 6.55. The normalized spacial score (nSPS) is 32.1. The van der Waals surface area contributed by atoms with Gasteiger partial charge in [0.2, 0.25) is 0 Å². The smallest absolute Gasteiger partial charge is 0.125 e. The number of methoxy groups -OCH3 is 1. The Bertz CT molecular complexity index is 502. The van der Waals surface area contributed by atoms with Gasteiger partial charge in [-0.3, -0.25) is 0 Å². The van der Waals surface area contributed by atoms with Crippen LogP contribution in [0.5, 0.6) is 11.5 Å². The highest BCUT2D eigenvalue weighted by Crippen LogP contribution is 2.46. The van der Waals surface area contributed by atoms with Gasteiger partial charge < -0.3 is 14.8 Å². The van der Waals surface area contributed by atoms with Gasteiger partial charge in [0, 0.05) is 18.0 Å². The van der Waals surface area contributed by atoms with Crippen molar-refractivity contribution in [3.63, 3.8) is 0 Å². The molecular formula is C18H27NO2. The maximum atomic E-state index is 6.52. The Labute approximate surface area is 128 Å². The lowest BCUT2D eigenvalue weighted by Crippen LogP contribution is -2.43. The predicted molar refractivity (Wildman–Crippen MR) is 85.0 cm³/mol. The van der Waals surface area contributed by atoms with Crippen molar-refractivity contribution < 1.29 is 9.47 Å². The lowest BCUT2D eigenvalue weighted by molar-refractivity contribution is 0.0163. The standard InChI is InChI=1S/C18H27NO2/c1-13-5-4-9-18(10-8-13)12-16(19-2)15-11-14(20-3)6-7-17(15)21-18/h6-7,11,13,16,19H,4-5,8-10,12H2,1-3H3. The molecule has 1 heterocycles. The van der Waals surface area contributed by atoms with E-state index in [1.165, 1.54) is 37.7 Å². The van der Waals surface area contributed by atoms with Gasteiger partial charge in [-0.2, -0.15) is 0 Å². The van der Waals surface area contributed by atoms with Crippen LogP contribution < -0.4 is 14.8 Å². The Balaban J connectivity index is 1.91. The monoisotopic (exact) mass is 289 g/mol. The molecule has 3 heteroatoms. The topological polar surface area (TPSA) is 30.5 Å². The first-order valence-corrected chi connectivity index (χ1v) is 8.20. The SMILES string of the molecule is CNC1CC2(CCCC(C)CC2)Oc2ccc(OC)cc21. The highest BCUT2D eigenvalue weighted by Gasteiger charge is 2.41. The fraction of sp³-hybridized carbons (Fsp3) is 0.667. The minimum Gasteiger partial charge on any atom is -0.497 e. The van der Waals surface area contributed by atoms with Crippen LogP contribution in [0.25, 0.3) is 0 Å². The molecular weight excluding hydrogens is 262 g/mol. The van der Waals surface area contributed by atoms with Crippen molar-refractivity contribution in [2.75, 3.05) is 14.2 Å². The molecule has 0 aromatic heterocycles. The maximum Gasteiger partial charge on any atom is 0.125 e. The van der Waals surface area contributed by atoms with Crippen LogP contribution in [0, 0.1) is 5.92 Å². The van der Waals surface area contributed by atoms with Crippen LogP contribution in [-0.2, 0) is 0 Å². The van der Waals surface area contributed by atoms with Gasteiger partial charge in [0.15, 0.2) is 0 Å². The molecule has 0 bridgehead atoms. The van der Waals surface area contributed by atoms with E-state index < -0.39 is 0 Å². The summed E-state index contributed by atoms with van der Waals surface area (Å²) in [5.74, 6) is 2.78. The van der Waals surface area contributed by atoms with E-state index >= 15 is 0 Å². The van der Waals surface area contributed by atoms with Crippen LogP contribution in [0.4, 0.5) is 0 Å². The molecule has 1 spiro atoms. The molecule has 1 saturated carbocycles. The second-order valence-corrected chi connectivity index (χ2v) is 6.77. The second kappa shape index (κ2) is 5.88. The molecule has 3 rings (SSSR count). The molecule has 116 valence electrons. The number of hydrogen-bond acceptors (Lipinski definition) is 3. The van der Waals surface area contributed by atoms with Gasteiger partial charge in [-0.1, -0.05) is 13.3 Å². The van der Waals surface area contributed by atoms with Crippen molar-refractivity contribution in [3.05, 3.63) is 23.8 Å². The zero-order chi connectivity index (χ0) is 14.9. The molecule has 3 atom stereocenters. The summed E-state index contributed by atoms with van der Waals surface area (Å²) in [5, 5.41) is 3.48. The minimum atomic E-state index is 0.0278. The Morgan fingerprint density at radius 3 is 2.90 bits per heavy atom. The van der Waals surface area contributed by atoms with E-state index in [9.17, 15) is 0 Å². The van der Waals surface area contributed by atoms with Crippen molar-refractivity contribution in [1.82, 2.24) is 5.32 Å². The van der Waals surface area contributed by atoms with Crippen LogP contribution in [0.3, 0.4) is 0 Å². The third-order valence-electron chi connectivity index (χ3n) is 5.27. The lowest BCUT2D eigenvalue weighted by atomic mass is 9.82. The van der Waals surface area contributed by atoms with E-state index in [0.717, 1.165) is 23.8 Å². The fourth-order valence-electron chi connectivity index (χ4n) is 3.89. The third kappa shape index (κ3) is 2.89. The zero-order valence-electron chi connectivity index (χ0n) is 13.4. The first-order chi connectivity index (χ1) is 10.2. The predicted octanol–water partition coefficient (Wildman–Crippen LogP) is 4.08. The number of nitrogens with one attached hydrogen (secondary N) is 1. The zero-order valence-corrected chi connectivity index (χ0v) is 13.4. The average molecular weight is 289 g/mol. The molecule has 3 nitrogen and oxygen atoms in total. The first-order valence-electron chi connectivity index (χ1n) is 8.20. The number of hydrogen-bond donors (Lipinski definition) is 1. The van der Waals surface area contributed by atoms with Gasteiger partial charge in [-0.15, -0.1) is 0 Å². The highest BCUT2D eigenvalue weighted by molar-refractivity contribution is 5.44. The molecule has 21 heavy (non-hydrogen) atoms. The molecule has 0 radical (unpaired) electrons. The number of fused-ring (bicyclic) bond motifs is 1. The van der Waals surface area contributed by atoms with Gasteiger partial charge in [0.25, 0.3) is 0 Å². The molecule has 3 unspecified atom stereocenters. The molecule has 1 fully saturated rings. The third-order valence-corrected chi connectivity index (χ3v) is 5.27. The number of ether oxygens (including phenoxy) is 2. The van der Waals surface area contributed by atoms with Crippen LogP contribution in [0.15, 0.2) is 18.2 Å². The Morgan fingerprint density at radius 2 is 2.14 bits per heavy atom. The Morgan fingerprint density at radius 1 is 1.29 bits per heavy atom. The van der Waals surface area contributed by atoms with E-state index in [1.54, 1.807) is 7.11 Å². The summed E-state index contributed by atoms with van der Waals surface area (Å²) in [5.41, 5.74) is 1.26. The first kappa shape index (κ1) is 14.7. The largest absolute Gasteiger partial charge is 0.497 e. The van der Waals surface area contributed by atoms with Crippen molar-refractivity contribution in [3.8, 4) is 11.5 Å². The van der Waals surface area contributed by atoms with E-state index in [2.05, 4.69) is 24.4 Å². The summed E-state index contributed by atoms with van der Waals surface area (Å²) < 4.78 is 11.9. The number of benzene rings is 1. The van der Waals surface area contributed by atoms with E-state index in [-0.39, 0.29) is 5.60 Å². The second-order valence-electron chi connectivity index (χ2n) is 6.77. The van der Waals surface area contributed by atoms with E-state index in [4.69, 9.17) is 9.47 Å². The molecule has 0 amide bonds. The van der Waals surface area contributed by atoms with E-state index in [0.29, 0.717) is 6.04 Å². The fourth-order valence-corrected chi connectivity index (χ4v) is 3.89. The lowest BCUT2D eigenvalue weighted by Gasteiger charge is -2.42. The van der Waals surface area contributed by atoms with Crippen molar-refractivity contribution in [2.45, 2.75) is 57.1 Å². The van der Waals surface area contributed by atoms with Crippen LogP contribution >= 0.6 is 0 Å². The van der Waals surface area contributed by atoms with Crippen LogP contribution in [0.2, 0.25) is 0 Å². The van der Waals surface area contributed by atoms with Crippen LogP contribution in [-0.4, -0.2) is 19.8 Å². The molecule has 2 aliphatic rings. The van der Waals surface area contributed by atoms with Crippen LogP contribution in [0.1, 0.15) is 57.1 Å². The number of rotatable bonds is 2. The molecule has 1 aliphatic heterocycles. The summed E-state index contributed by atoms with van der Waals surface area (Å²) in [6.07, 6.45) is 7.32. The Hall–Kier alpha value is -1.22. The van der Waals surface area contributed by atoms with Gasteiger partial charge in [-0.05, 0) is 56.8 Å². The summed E-state index contributed by atoms with van der Waals surface area (Å²) >= 11 is 0. The minimum absolute atomic E-state index is 0.0278. The summed E-state index contributed by atoms with van der Waals surface area (Å²) in [7, 11) is 3.76. The van der Waals surface area contributed by atoms with Gasteiger partial charge >= 0.3 is 0 Å². The Kier molecular flexibility index (Phi) is 4.12. The quantitative estimate of drug-likeness (QED) is 0.890. The summed E-state index contributed by atoms with van der Waals surface area (Å²) in [4.78, 5) is 0. The molecule has 0 saturated heterocycles. The average Bonchev–Trinajstić information content (AvgIpc) is 2.68. The van der Waals surface area contributed by atoms with Gasteiger partial charge in [0.05, 0.1) is 7.11 Å². The molecule has 1 aliphatic carbocycles. The highest BCUT2D eigenvalue weighted by atomic mass is 16.5. The molecule has 1 aromatic carbocycles. The van der Waals surface area contributed by atoms with Crippen molar-refractivity contribution in [2.24, 2.45) is 5.92 Å². The maximum absolute atomic E-state index is 6.52. The van der Waals surface area contributed by atoms with Crippen molar-refractivity contribution >= 4 is 0 Å². The van der Waals surface area contributed by atoms with E-state index in [1.807, 2.05) is 13.1 Å².